The average Bonchev–Trinajstić information content (AvgIpc) is 2.61. The molecule has 0 amide bonds. The molecule has 3 heteroatoms. The van der Waals surface area contributed by atoms with Crippen molar-refractivity contribution in [1.82, 2.24) is 0 Å². The fraction of sp³-hybridized carbons (Fsp3) is 0.455. The van der Waals surface area contributed by atoms with Gasteiger partial charge in [-0.25, -0.2) is 0 Å². The summed E-state index contributed by atoms with van der Waals surface area (Å²) in [7, 11) is 8.36. The van der Waals surface area contributed by atoms with E-state index in [1.165, 1.54) is 28.9 Å². The SMILES string of the molecule is [Li][C](CC(C)CC)(c1ccc(N(C)C)cc1)c1ccc(N(C)C)cc1. The van der Waals surface area contributed by atoms with Crippen molar-refractivity contribution in [2.24, 2.45) is 5.92 Å². The molecule has 0 aliphatic rings. The Morgan fingerprint density at radius 3 is 1.44 bits per heavy atom. The standard InChI is InChI=1S/C22H31N2.Li/c1-7-17(2)16-22(18-8-12-20(13-9-18)23(3)4)19-10-14-21(15-11-19)24(5)6;/h8-15,17H,7,16H2,1-6H3;. The number of hydrogen-bond acceptors (Lipinski definition) is 2. The van der Waals surface area contributed by atoms with Crippen LogP contribution in [-0.4, -0.2) is 45.9 Å². The summed E-state index contributed by atoms with van der Waals surface area (Å²) in [6.07, 6.45) is 2.37. The minimum absolute atomic E-state index is 0.0328. The Bertz CT molecular complexity index is 608. The van der Waals surface area contributed by atoms with Gasteiger partial charge in [0.25, 0.3) is 0 Å². The van der Waals surface area contributed by atoms with E-state index in [9.17, 15) is 0 Å². The fourth-order valence-electron chi connectivity index (χ4n) is 3.50. The molecule has 0 saturated carbocycles. The molecule has 0 aliphatic heterocycles. The van der Waals surface area contributed by atoms with Gasteiger partial charge in [0.15, 0.2) is 0 Å². The molecular weight excluding hydrogens is 299 g/mol. The van der Waals surface area contributed by atoms with Gasteiger partial charge >= 0.3 is 163 Å². The van der Waals surface area contributed by atoms with Crippen LogP contribution in [-0.2, 0) is 4.09 Å². The molecule has 0 fully saturated rings. The van der Waals surface area contributed by atoms with Crippen LogP contribution in [0.3, 0.4) is 0 Å². The summed E-state index contributed by atoms with van der Waals surface area (Å²) >= 11 is 2.40. The van der Waals surface area contributed by atoms with Crippen molar-refractivity contribution in [2.75, 3.05) is 38.0 Å². The van der Waals surface area contributed by atoms with E-state index in [0.717, 1.165) is 6.42 Å². The summed E-state index contributed by atoms with van der Waals surface area (Å²) in [5.41, 5.74) is 5.29. The van der Waals surface area contributed by atoms with E-state index in [2.05, 4.69) is 118 Å². The Labute approximate surface area is 163 Å². The van der Waals surface area contributed by atoms with Crippen LogP contribution in [0.4, 0.5) is 11.4 Å². The first-order valence-corrected chi connectivity index (χ1v) is 9.33. The first kappa shape index (κ1) is 20.0. The minimum atomic E-state index is 0.0328. The Balaban J connectivity index is 2.45. The molecule has 0 aliphatic carbocycles. The molecular formula is C22H31LiN2. The van der Waals surface area contributed by atoms with Gasteiger partial charge in [-0.3, -0.25) is 0 Å². The van der Waals surface area contributed by atoms with E-state index in [0.29, 0.717) is 5.92 Å². The number of nitrogens with zero attached hydrogens (tertiary/aromatic N) is 2. The molecule has 0 heterocycles. The van der Waals surface area contributed by atoms with E-state index in [-0.39, 0.29) is 4.09 Å². The van der Waals surface area contributed by atoms with Gasteiger partial charge in [0.1, 0.15) is 0 Å². The molecule has 0 saturated heterocycles. The van der Waals surface area contributed by atoms with Crippen molar-refractivity contribution in [3.05, 3.63) is 59.7 Å². The Morgan fingerprint density at radius 1 is 0.800 bits per heavy atom. The quantitative estimate of drug-likeness (QED) is 0.681. The number of anilines is 2. The van der Waals surface area contributed by atoms with Crippen molar-refractivity contribution >= 4 is 29.1 Å². The maximum atomic E-state index is 2.40. The van der Waals surface area contributed by atoms with Crippen molar-refractivity contribution < 1.29 is 0 Å². The monoisotopic (exact) mass is 330 g/mol. The van der Waals surface area contributed by atoms with E-state index >= 15 is 0 Å². The molecule has 2 rings (SSSR count). The van der Waals surface area contributed by atoms with Crippen molar-refractivity contribution in [1.29, 1.82) is 0 Å². The maximum absolute atomic E-state index is 2.40. The molecule has 0 N–H and O–H groups in total. The molecule has 25 heavy (non-hydrogen) atoms. The van der Waals surface area contributed by atoms with Gasteiger partial charge in [0.2, 0.25) is 0 Å². The third-order valence-corrected chi connectivity index (χ3v) is 5.50. The first-order valence-electron chi connectivity index (χ1n) is 9.33. The van der Waals surface area contributed by atoms with Gasteiger partial charge in [0.05, 0.1) is 0 Å². The van der Waals surface area contributed by atoms with Crippen molar-refractivity contribution in [3.63, 3.8) is 0 Å². The third-order valence-electron chi connectivity index (χ3n) is 5.50. The normalized spacial score (nSPS) is 12.8. The molecule has 0 bridgehead atoms. The fourth-order valence-corrected chi connectivity index (χ4v) is 3.50. The van der Waals surface area contributed by atoms with Gasteiger partial charge < -0.3 is 0 Å². The van der Waals surface area contributed by atoms with E-state index < -0.39 is 0 Å². The molecule has 2 aromatic rings. The Morgan fingerprint density at radius 2 is 1.16 bits per heavy atom. The van der Waals surface area contributed by atoms with Crippen molar-refractivity contribution in [3.8, 4) is 0 Å². The second kappa shape index (κ2) is 8.34. The van der Waals surface area contributed by atoms with Crippen LogP contribution in [0.5, 0.6) is 0 Å². The summed E-state index contributed by atoms with van der Waals surface area (Å²) in [6.45, 7) is 4.65. The Kier molecular flexibility index (Phi) is 6.66. The van der Waals surface area contributed by atoms with E-state index in [1.807, 2.05) is 0 Å². The first-order chi connectivity index (χ1) is 11.8. The molecule has 1 unspecified atom stereocenters. The summed E-state index contributed by atoms with van der Waals surface area (Å²) in [4.78, 5) is 4.31. The predicted molar refractivity (Wildman–Crippen MR) is 112 cm³/mol. The van der Waals surface area contributed by atoms with Crippen LogP contribution in [0.15, 0.2) is 48.5 Å². The van der Waals surface area contributed by atoms with Gasteiger partial charge in [-0.1, -0.05) is 0 Å². The second-order valence-electron chi connectivity index (χ2n) is 7.93. The van der Waals surface area contributed by atoms with Gasteiger partial charge in [-0.15, -0.1) is 0 Å². The summed E-state index contributed by atoms with van der Waals surface area (Å²) in [6, 6.07) is 18.2. The topological polar surface area (TPSA) is 6.48 Å². The zero-order valence-corrected chi connectivity index (χ0v) is 17.0. The van der Waals surface area contributed by atoms with Crippen LogP contribution in [0.1, 0.15) is 37.8 Å². The van der Waals surface area contributed by atoms with Gasteiger partial charge in [0, 0.05) is 0 Å². The zero-order chi connectivity index (χ0) is 18.6. The number of hydrogen-bond donors (Lipinski definition) is 0. The molecule has 2 aromatic carbocycles. The molecule has 130 valence electrons. The zero-order valence-electron chi connectivity index (χ0n) is 17.0. The van der Waals surface area contributed by atoms with Gasteiger partial charge in [-0.2, -0.15) is 0 Å². The summed E-state index contributed by atoms with van der Waals surface area (Å²) in [5, 5.41) is 0. The molecule has 1 atom stereocenters. The number of rotatable bonds is 7. The average molecular weight is 330 g/mol. The van der Waals surface area contributed by atoms with Crippen LogP contribution in [0.25, 0.3) is 0 Å². The summed E-state index contributed by atoms with van der Waals surface area (Å²) < 4.78 is 0.0328. The molecule has 0 radical (unpaired) electrons. The molecule has 0 aromatic heterocycles. The third kappa shape index (κ3) is 4.63. The van der Waals surface area contributed by atoms with Crippen LogP contribution in [0, 0.1) is 5.92 Å². The van der Waals surface area contributed by atoms with Crippen LogP contribution >= 0.6 is 0 Å². The van der Waals surface area contributed by atoms with Crippen LogP contribution < -0.4 is 9.80 Å². The van der Waals surface area contributed by atoms with Crippen molar-refractivity contribution in [2.45, 2.75) is 30.8 Å². The van der Waals surface area contributed by atoms with E-state index in [4.69, 9.17) is 0 Å². The van der Waals surface area contributed by atoms with Gasteiger partial charge in [-0.05, 0) is 0 Å². The predicted octanol–water partition coefficient (Wildman–Crippen LogP) is 4.67. The second-order valence-corrected chi connectivity index (χ2v) is 7.93. The molecule has 2 nitrogen and oxygen atoms in total. The van der Waals surface area contributed by atoms with E-state index in [1.54, 1.807) is 0 Å². The molecule has 0 spiro atoms. The summed E-state index contributed by atoms with van der Waals surface area (Å²) in [5.74, 6) is 0.687. The number of benzene rings is 2. The Hall–Kier alpha value is -1.36. The van der Waals surface area contributed by atoms with Crippen LogP contribution in [0.2, 0.25) is 0 Å².